The van der Waals surface area contributed by atoms with Crippen LogP contribution in [0.1, 0.15) is 15.9 Å². The summed E-state index contributed by atoms with van der Waals surface area (Å²) in [6, 6.07) is 11.5. The van der Waals surface area contributed by atoms with E-state index in [2.05, 4.69) is 27.3 Å². The van der Waals surface area contributed by atoms with Gasteiger partial charge in [0, 0.05) is 45.2 Å². The lowest BCUT2D eigenvalue weighted by Gasteiger charge is -2.27. The van der Waals surface area contributed by atoms with Gasteiger partial charge in [0.05, 0.1) is 16.3 Å². The Labute approximate surface area is 151 Å². The molecular formula is C20H22N4O2. The Morgan fingerprint density at radius 2 is 2.04 bits per heavy atom. The number of nitrogens with two attached hydrogens (primary N) is 1. The number of carbonyl (C=O) groups excluding carboxylic acids is 1. The summed E-state index contributed by atoms with van der Waals surface area (Å²) in [5, 5.41) is 5.70. The molecule has 0 saturated carbocycles. The first-order valence-corrected chi connectivity index (χ1v) is 8.81. The number of fused-ring (bicyclic) bond motifs is 2. The number of amides is 1. The van der Waals surface area contributed by atoms with Crippen molar-refractivity contribution in [2.75, 3.05) is 33.2 Å². The van der Waals surface area contributed by atoms with E-state index in [9.17, 15) is 4.79 Å². The van der Waals surface area contributed by atoms with Crippen molar-refractivity contribution in [2.45, 2.75) is 6.54 Å². The van der Waals surface area contributed by atoms with Gasteiger partial charge in [0.25, 0.3) is 0 Å². The number of carbonyl (C=O) groups is 1. The van der Waals surface area contributed by atoms with Gasteiger partial charge < -0.3 is 15.5 Å². The Bertz CT molecular complexity index is 1050. The van der Waals surface area contributed by atoms with Crippen molar-refractivity contribution in [1.82, 2.24) is 10.2 Å². The molecule has 1 saturated heterocycles. The van der Waals surface area contributed by atoms with Gasteiger partial charge in [-0.05, 0) is 29.8 Å². The van der Waals surface area contributed by atoms with Crippen LogP contribution in [0.4, 0.5) is 0 Å². The summed E-state index contributed by atoms with van der Waals surface area (Å²) in [6.07, 6.45) is 0. The van der Waals surface area contributed by atoms with Crippen LogP contribution in [-0.2, 0) is 6.54 Å². The van der Waals surface area contributed by atoms with E-state index in [1.54, 1.807) is 19.2 Å². The molecular weight excluding hydrogens is 328 g/mol. The van der Waals surface area contributed by atoms with Crippen LogP contribution in [0.25, 0.3) is 21.9 Å². The number of hydrogen-bond acceptors (Lipinski definition) is 5. The zero-order valence-corrected chi connectivity index (χ0v) is 14.8. The van der Waals surface area contributed by atoms with Gasteiger partial charge in [-0.2, -0.15) is 0 Å². The molecule has 6 heteroatoms. The van der Waals surface area contributed by atoms with E-state index < -0.39 is 5.91 Å². The molecule has 1 aromatic heterocycles. The predicted octanol–water partition coefficient (Wildman–Crippen LogP) is 1.62. The normalized spacial score (nSPS) is 16.4. The minimum Gasteiger partial charge on any atom is -0.456 e. The van der Waals surface area contributed by atoms with Crippen LogP contribution in [0.2, 0.25) is 0 Å². The zero-order valence-electron chi connectivity index (χ0n) is 14.8. The van der Waals surface area contributed by atoms with Crippen molar-refractivity contribution in [3.63, 3.8) is 0 Å². The summed E-state index contributed by atoms with van der Waals surface area (Å²) < 4.78 is 6.03. The topological polar surface area (TPSA) is 83.9 Å². The summed E-state index contributed by atoms with van der Waals surface area (Å²) in [5.74, 6) is -0.480. The van der Waals surface area contributed by atoms with Crippen LogP contribution in [0, 0.1) is 0 Å². The number of primary amides is 1. The van der Waals surface area contributed by atoms with Crippen LogP contribution in [-0.4, -0.2) is 44.0 Å². The Hall–Kier alpha value is -2.70. The zero-order chi connectivity index (χ0) is 18.1. The molecule has 134 valence electrons. The van der Waals surface area contributed by atoms with Gasteiger partial charge in [0.1, 0.15) is 11.2 Å². The van der Waals surface area contributed by atoms with Crippen molar-refractivity contribution >= 4 is 27.8 Å². The largest absolute Gasteiger partial charge is 0.456 e. The first kappa shape index (κ1) is 16.8. The minimum absolute atomic E-state index is 0.432. The Balaban J connectivity index is 1.90. The SMILES string of the molecule is CN=c1c2cc(CN3CCNCC3)ccc2oc2cccc(C(N)=O)c12. The molecule has 1 aliphatic heterocycles. The second-order valence-corrected chi connectivity index (χ2v) is 6.57. The van der Waals surface area contributed by atoms with E-state index in [0.717, 1.165) is 49.1 Å². The van der Waals surface area contributed by atoms with Crippen molar-refractivity contribution in [2.24, 2.45) is 10.7 Å². The quantitative estimate of drug-likeness (QED) is 0.703. The van der Waals surface area contributed by atoms with Crippen LogP contribution >= 0.6 is 0 Å². The number of piperazine rings is 1. The lowest BCUT2D eigenvalue weighted by Crippen LogP contribution is -2.42. The van der Waals surface area contributed by atoms with Crippen molar-refractivity contribution < 1.29 is 9.21 Å². The van der Waals surface area contributed by atoms with Crippen LogP contribution in [0.15, 0.2) is 45.8 Å². The Kier molecular flexibility index (Phi) is 4.44. The van der Waals surface area contributed by atoms with Crippen molar-refractivity contribution in [3.8, 4) is 0 Å². The number of hydrogen-bond donors (Lipinski definition) is 2. The van der Waals surface area contributed by atoms with Gasteiger partial charge in [0.2, 0.25) is 5.91 Å². The lowest BCUT2D eigenvalue weighted by atomic mass is 10.0. The highest BCUT2D eigenvalue weighted by Gasteiger charge is 2.15. The van der Waals surface area contributed by atoms with Crippen LogP contribution in [0.3, 0.4) is 0 Å². The van der Waals surface area contributed by atoms with Gasteiger partial charge in [0.15, 0.2) is 0 Å². The molecule has 0 spiro atoms. The highest BCUT2D eigenvalue weighted by Crippen LogP contribution is 2.23. The van der Waals surface area contributed by atoms with Crippen molar-refractivity contribution in [3.05, 3.63) is 52.9 Å². The Morgan fingerprint density at radius 1 is 1.23 bits per heavy atom. The molecule has 2 aromatic carbocycles. The van der Waals surface area contributed by atoms with E-state index in [1.165, 1.54) is 5.56 Å². The van der Waals surface area contributed by atoms with E-state index in [4.69, 9.17) is 10.2 Å². The second-order valence-electron chi connectivity index (χ2n) is 6.57. The smallest absolute Gasteiger partial charge is 0.249 e. The third-order valence-electron chi connectivity index (χ3n) is 4.89. The van der Waals surface area contributed by atoms with E-state index in [0.29, 0.717) is 16.5 Å². The summed E-state index contributed by atoms with van der Waals surface area (Å²) in [5.41, 5.74) is 8.57. The molecule has 6 nitrogen and oxygen atoms in total. The third kappa shape index (κ3) is 2.98. The highest BCUT2D eigenvalue weighted by atomic mass is 16.3. The summed E-state index contributed by atoms with van der Waals surface area (Å²) >= 11 is 0. The van der Waals surface area contributed by atoms with Gasteiger partial charge in [-0.1, -0.05) is 12.1 Å². The van der Waals surface area contributed by atoms with Gasteiger partial charge >= 0.3 is 0 Å². The van der Waals surface area contributed by atoms with E-state index in [1.807, 2.05) is 12.1 Å². The molecule has 0 aliphatic carbocycles. The van der Waals surface area contributed by atoms with Gasteiger partial charge in [-0.15, -0.1) is 0 Å². The average molecular weight is 350 g/mol. The van der Waals surface area contributed by atoms with Gasteiger partial charge in [-0.25, -0.2) is 0 Å². The second kappa shape index (κ2) is 6.90. The molecule has 0 unspecified atom stereocenters. The monoisotopic (exact) mass is 350 g/mol. The van der Waals surface area contributed by atoms with Crippen molar-refractivity contribution in [1.29, 1.82) is 0 Å². The molecule has 3 aromatic rings. The van der Waals surface area contributed by atoms with Crippen LogP contribution < -0.4 is 16.4 Å². The number of benzene rings is 2. The average Bonchev–Trinajstić information content (AvgIpc) is 2.66. The number of nitrogens with zero attached hydrogens (tertiary/aromatic N) is 2. The maximum absolute atomic E-state index is 11.9. The molecule has 0 atom stereocenters. The first-order valence-electron chi connectivity index (χ1n) is 8.81. The summed E-state index contributed by atoms with van der Waals surface area (Å²) in [6.45, 7) is 5.00. The standard InChI is InChI=1S/C20H22N4O2/c1-22-19-15-11-13(12-24-9-7-23-8-10-24)5-6-16(15)26-17-4-2-3-14(18(17)19)20(21)25/h2-6,11,23H,7-10,12H2,1H3,(H2,21,25). The molecule has 26 heavy (non-hydrogen) atoms. The molecule has 1 aliphatic rings. The fraction of sp³-hybridized carbons (Fsp3) is 0.300. The fourth-order valence-electron chi connectivity index (χ4n) is 3.63. The number of rotatable bonds is 3. The van der Waals surface area contributed by atoms with E-state index >= 15 is 0 Å². The summed E-state index contributed by atoms with van der Waals surface area (Å²) in [4.78, 5) is 18.8. The van der Waals surface area contributed by atoms with Crippen LogP contribution in [0.5, 0.6) is 0 Å². The Morgan fingerprint density at radius 3 is 2.77 bits per heavy atom. The fourth-order valence-corrected chi connectivity index (χ4v) is 3.63. The molecule has 0 radical (unpaired) electrons. The maximum Gasteiger partial charge on any atom is 0.249 e. The van der Waals surface area contributed by atoms with E-state index in [-0.39, 0.29) is 0 Å². The highest BCUT2D eigenvalue weighted by molar-refractivity contribution is 6.06. The molecule has 1 amide bonds. The third-order valence-corrected chi connectivity index (χ3v) is 4.89. The molecule has 2 heterocycles. The summed E-state index contributed by atoms with van der Waals surface area (Å²) in [7, 11) is 1.73. The maximum atomic E-state index is 11.9. The molecule has 4 rings (SSSR count). The molecule has 0 bridgehead atoms. The first-order chi connectivity index (χ1) is 12.7. The van der Waals surface area contributed by atoms with Gasteiger partial charge in [-0.3, -0.25) is 14.7 Å². The minimum atomic E-state index is -0.480. The molecule has 1 fully saturated rings. The number of nitrogens with one attached hydrogen (secondary N) is 1. The predicted molar refractivity (Wildman–Crippen MR) is 102 cm³/mol. The lowest BCUT2D eigenvalue weighted by molar-refractivity contribution is 0.100. The molecule has 3 N–H and O–H groups in total.